The molecule has 0 aliphatic carbocycles. The molecule has 1 aromatic carbocycles. The van der Waals surface area contributed by atoms with Gasteiger partial charge in [0.05, 0.1) is 0 Å². The van der Waals surface area contributed by atoms with Crippen molar-refractivity contribution in [3.63, 3.8) is 0 Å². The fraction of sp³-hybridized carbons (Fsp3) is 0.273. The number of hydrogen-bond donors (Lipinski definition) is 0. The van der Waals surface area contributed by atoms with Crippen LogP contribution in [0.4, 0.5) is 5.69 Å². The molecule has 1 unspecified atom stereocenters. The Morgan fingerprint density at radius 1 is 1.47 bits per heavy atom. The molecule has 0 N–H and O–H groups in total. The molecule has 0 heterocycles. The van der Waals surface area contributed by atoms with E-state index in [1.807, 2.05) is 0 Å². The third-order valence-corrected chi connectivity index (χ3v) is 2.23. The fourth-order valence-electron chi connectivity index (χ4n) is 1.30. The molecule has 0 saturated carbocycles. The van der Waals surface area contributed by atoms with Gasteiger partial charge in [0.15, 0.2) is 5.78 Å². The van der Waals surface area contributed by atoms with Crippen molar-refractivity contribution >= 4 is 17.8 Å². The van der Waals surface area contributed by atoms with Crippen molar-refractivity contribution in [3.05, 3.63) is 34.2 Å². The van der Waals surface area contributed by atoms with Crippen molar-refractivity contribution in [1.29, 1.82) is 0 Å². The Morgan fingerprint density at radius 2 is 2.13 bits per heavy atom. The van der Waals surface area contributed by atoms with Crippen molar-refractivity contribution in [3.8, 4) is 0 Å². The van der Waals surface area contributed by atoms with Crippen molar-refractivity contribution in [2.75, 3.05) is 0 Å². The number of ketones is 1. The average molecular weight is 205 g/mol. The molecule has 0 saturated heterocycles. The van der Waals surface area contributed by atoms with Crippen LogP contribution in [0.2, 0.25) is 0 Å². The Hall–Kier alpha value is -1.84. The first-order valence-electron chi connectivity index (χ1n) is 4.53. The van der Waals surface area contributed by atoms with Crippen LogP contribution in [0.5, 0.6) is 0 Å². The molecule has 0 aliphatic heterocycles. The topological polar surface area (TPSA) is 63.6 Å². The third-order valence-electron chi connectivity index (χ3n) is 2.23. The lowest BCUT2D eigenvalue weighted by Crippen LogP contribution is -1.98. The predicted octanol–water partition coefficient (Wildman–Crippen LogP) is 2.59. The monoisotopic (exact) mass is 205 g/mol. The van der Waals surface area contributed by atoms with E-state index in [1.165, 1.54) is 13.0 Å². The molecule has 1 atom stereocenters. The van der Waals surface area contributed by atoms with Crippen LogP contribution in [0.3, 0.4) is 0 Å². The molecule has 1 rings (SSSR count). The van der Waals surface area contributed by atoms with Gasteiger partial charge in [-0.1, -0.05) is 19.1 Å². The smallest absolute Gasteiger partial charge is 0.159 e. The molecule has 0 spiro atoms. The van der Waals surface area contributed by atoms with Gasteiger partial charge in [-0.2, -0.15) is 0 Å². The summed E-state index contributed by atoms with van der Waals surface area (Å²) in [6.07, 6.45) is 0.734. The van der Waals surface area contributed by atoms with E-state index in [0.717, 1.165) is 6.29 Å². The van der Waals surface area contributed by atoms with E-state index in [0.29, 0.717) is 11.1 Å². The van der Waals surface area contributed by atoms with Gasteiger partial charge in [0.25, 0.3) is 0 Å². The molecule has 0 bridgehead atoms. The summed E-state index contributed by atoms with van der Waals surface area (Å²) in [5.74, 6) is -0.524. The van der Waals surface area contributed by atoms with E-state index in [1.54, 1.807) is 19.1 Å². The van der Waals surface area contributed by atoms with Crippen LogP contribution in [0.25, 0.3) is 0 Å². The van der Waals surface area contributed by atoms with Crippen LogP contribution >= 0.6 is 0 Å². The van der Waals surface area contributed by atoms with E-state index in [9.17, 15) is 14.5 Å². The van der Waals surface area contributed by atoms with Crippen molar-refractivity contribution < 1.29 is 9.59 Å². The number of carbonyl (C=O) groups excluding carboxylic acids is 2. The molecular weight excluding hydrogens is 194 g/mol. The van der Waals surface area contributed by atoms with E-state index in [2.05, 4.69) is 5.18 Å². The van der Waals surface area contributed by atoms with Gasteiger partial charge in [-0.25, -0.2) is 0 Å². The second-order valence-electron chi connectivity index (χ2n) is 3.35. The molecular formula is C11H11NO3. The number of benzene rings is 1. The minimum absolute atomic E-state index is 0.134. The molecule has 4 nitrogen and oxygen atoms in total. The third kappa shape index (κ3) is 2.34. The second-order valence-corrected chi connectivity index (χ2v) is 3.35. The van der Waals surface area contributed by atoms with Crippen LogP contribution < -0.4 is 0 Å². The summed E-state index contributed by atoms with van der Waals surface area (Å²) >= 11 is 0. The molecule has 78 valence electrons. The normalized spacial score (nSPS) is 11.9. The molecule has 0 amide bonds. The summed E-state index contributed by atoms with van der Waals surface area (Å²) in [5, 5.41) is 2.82. The summed E-state index contributed by atoms with van der Waals surface area (Å²) in [5.41, 5.74) is 1.12. The van der Waals surface area contributed by atoms with Gasteiger partial charge < -0.3 is 4.79 Å². The first-order valence-corrected chi connectivity index (χ1v) is 4.53. The zero-order chi connectivity index (χ0) is 11.4. The predicted molar refractivity (Wildman–Crippen MR) is 56.4 cm³/mol. The van der Waals surface area contributed by atoms with Crippen molar-refractivity contribution in [2.45, 2.75) is 19.8 Å². The Morgan fingerprint density at radius 3 is 2.60 bits per heavy atom. The highest BCUT2D eigenvalue weighted by Crippen LogP contribution is 2.27. The van der Waals surface area contributed by atoms with Crippen LogP contribution in [0, 0.1) is 4.91 Å². The van der Waals surface area contributed by atoms with Crippen LogP contribution in [-0.2, 0) is 4.79 Å². The zero-order valence-corrected chi connectivity index (χ0v) is 8.56. The maximum Gasteiger partial charge on any atom is 0.159 e. The summed E-state index contributed by atoms with van der Waals surface area (Å²) in [6, 6.07) is 4.59. The minimum Gasteiger partial charge on any atom is -0.303 e. The molecule has 0 fully saturated rings. The SMILES string of the molecule is CC(=O)c1ccc(C(C)C=O)c(N=O)c1. The highest BCUT2D eigenvalue weighted by Gasteiger charge is 2.12. The maximum atomic E-state index is 11.1. The number of carbonyl (C=O) groups is 2. The van der Waals surface area contributed by atoms with Gasteiger partial charge in [-0.05, 0) is 23.7 Å². The highest BCUT2D eigenvalue weighted by atomic mass is 16.3. The average Bonchev–Trinajstić information content (AvgIpc) is 2.27. The van der Waals surface area contributed by atoms with Gasteiger partial charge in [0.1, 0.15) is 12.0 Å². The van der Waals surface area contributed by atoms with Crippen LogP contribution in [0.15, 0.2) is 23.4 Å². The number of Topliss-reactive ketones (excluding diaryl/α,β-unsaturated/α-hetero) is 1. The summed E-state index contributed by atoms with van der Waals surface area (Å²) < 4.78 is 0. The van der Waals surface area contributed by atoms with Gasteiger partial charge in [-0.15, -0.1) is 4.91 Å². The van der Waals surface area contributed by atoms with Crippen LogP contribution in [0.1, 0.15) is 35.7 Å². The molecule has 15 heavy (non-hydrogen) atoms. The molecule has 0 radical (unpaired) electrons. The highest BCUT2D eigenvalue weighted by molar-refractivity contribution is 5.95. The zero-order valence-electron chi connectivity index (χ0n) is 8.56. The minimum atomic E-state index is -0.390. The lowest BCUT2D eigenvalue weighted by Gasteiger charge is -2.07. The largest absolute Gasteiger partial charge is 0.303 e. The second kappa shape index (κ2) is 4.59. The molecule has 0 aliphatic rings. The summed E-state index contributed by atoms with van der Waals surface area (Å²) in [4.78, 5) is 32.2. The Balaban J connectivity index is 3.26. The van der Waals surface area contributed by atoms with Gasteiger partial charge in [-0.3, -0.25) is 4.79 Å². The van der Waals surface area contributed by atoms with Crippen LogP contribution in [-0.4, -0.2) is 12.1 Å². The fourth-order valence-corrected chi connectivity index (χ4v) is 1.30. The maximum absolute atomic E-state index is 11.1. The standard InChI is InChI=1S/C11H11NO3/c1-7(6-13)10-4-3-9(8(2)14)5-11(10)12-15/h3-7H,1-2H3. The van der Waals surface area contributed by atoms with Crippen molar-refractivity contribution in [2.24, 2.45) is 5.18 Å². The molecule has 0 aromatic heterocycles. The number of nitrogens with zero attached hydrogens (tertiary/aromatic N) is 1. The van der Waals surface area contributed by atoms with E-state index < -0.39 is 5.92 Å². The van der Waals surface area contributed by atoms with Gasteiger partial charge in [0.2, 0.25) is 0 Å². The molecule has 1 aromatic rings. The number of hydrogen-bond acceptors (Lipinski definition) is 4. The molecule has 4 heteroatoms. The quantitative estimate of drug-likeness (QED) is 0.431. The number of rotatable bonds is 4. The summed E-state index contributed by atoms with van der Waals surface area (Å²) in [6.45, 7) is 3.08. The van der Waals surface area contributed by atoms with Crippen molar-refractivity contribution in [1.82, 2.24) is 0 Å². The Bertz CT molecular complexity index is 412. The van der Waals surface area contributed by atoms with E-state index in [-0.39, 0.29) is 11.5 Å². The lowest BCUT2D eigenvalue weighted by atomic mass is 9.98. The van der Waals surface area contributed by atoms with Gasteiger partial charge in [0, 0.05) is 11.5 Å². The van der Waals surface area contributed by atoms with Gasteiger partial charge >= 0.3 is 0 Å². The van der Waals surface area contributed by atoms with E-state index >= 15 is 0 Å². The first-order chi connectivity index (χ1) is 7.10. The Labute approximate surface area is 87.3 Å². The first kappa shape index (κ1) is 11.2. The number of nitroso groups, excluding NO2 is 1. The van der Waals surface area contributed by atoms with E-state index in [4.69, 9.17) is 0 Å². The number of aldehydes is 1. The summed E-state index contributed by atoms with van der Waals surface area (Å²) in [7, 11) is 0. The Kier molecular flexibility index (Phi) is 3.44. The lowest BCUT2D eigenvalue weighted by molar-refractivity contribution is -0.108.